The van der Waals surface area contributed by atoms with Crippen LogP contribution in [-0.4, -0.2) is 46.2 Å². The number of ether oxygens (including phenoxy) is 3. The van der Waals surface area contributed by atoms with Crippen molar-refractivity contribution in [2.75, 3.05) is 39.3 Å². The summed E-state index contributed by atoms with van der Waals surface area (Å²) in [5.41, 5.74) is 1.32. The van der Waals surface area contributed by atoms with Gasteiger partial charge >= 0.3 is 0 Å². The summed E-state index contributed by atoms with van der Waals surface area (Å²) in [4.78, 5) is 27.2. The molecule has 2 amide bonds. The van der Waals surface area contributed by atoms with Crippen molar-refractivity contribution in [3.05, 3.63) is 47.0 Å². The summed E-state index contributed by atoms with van der Waals surface area (Å²) < 4.78 is 16.1. The van der Waals surface area contributed by atoms with Gasteiger partial charge in [-0.05, 0) is 17.7 Å². The number of nitrogens with one attached hydrogen (secondary N) is 1. The zero-order valence-corrected chi connectivity index (χ0v) is 19.8. The van der Waals surface area contributed by atoms with Crippen LogP contribution in [0.2, 0.25) is 5.02 Å². The van der Waals surface area contributed by atoms with Crippen LogP contribution in [0.15, 0.2) is 36.4 Å². The summed E-state index contributed by atoms with van der Waals surface area (Å²) in [5.74, 6) is 0.619. The highest BCUT2D eigenvalue weighted by molar-refractivity contribution is 6.30. The van der Waals surface area contributed by atoms with Crippen molar-refractivity contribution in [3.63, 3.8) is 0 Å². The summed E-state index contributed by atoms with van der Waals surface area (Å²) in [6.45, 7) is 4.80. The highest BCUT2D eigenvalue weighted by Gasteiger charge is 2.36. The number of nitrogens with zero attached hydrogens (tertiary/aromatic N) is 1. The molecule has 2 aromatic rings. The van der Waals surface area contributed by atoms with Gasteiger partial charge in [-0.3, -0.25) is 9.59 Å². The van der Waals surface area contributed by atoms with Gasteiger partial charge in [0.05, 0.1) is 32.9 Å². The number of carbonyl (C=O) groups excluding carboxylic acids is 2. The van der Waals surface area contributed by atoms with Crippen LogP contribution in [0.3, 0.4) is 0 Å². The van der Waals surface area contributed by atoms with E-state index in [4.69, 9.17) is 25.8 Å². The van der Waals surface area contributed by atoms with E-state index in [2.05, 4.69) is 5.32 Å². The van der Waals surface area contributed by atoms with Crippen LogP contribution in [0.1, 0.15) is 25.8 Å². The van der Waals surface area contributed by atoms with Gasteiger partial charge in [-0.2, -0.15) is 0 Å². The minimum Gasteiger partial charge on any atom is -0.493 e. The third-order valence-corrected chi connectivity index (χ3v) is 6.00. The van der Waals surface area contributed by atoms with Gasteiger partial charge in [-0.25, -0.2) is 0 Å². The second-order valence-corrected chi connectivity index (χ2v) is 8.84. The lowest BCUT2D eigenvalue weighted by atomic mass is 9.84. The third kappa shape index (κ3) is 4.93. The molecule has 0 saturated carbocycles. The normalized spacial score (nSPS) is 16.1. The van der Waals surface area contributed by atoms with E-state index in [1.807, 2.05) is 38.1 Å². The Labute approximate surface area is 193 Å². The Kier molecular flexibility index (Phi) is 7.19. The van der Waals surface area contributed by atoms with Crippen molar-refractivity contribution in [2.45, 2.75) is 25.7 Å². The van der Waals surface area contributed by atoms with Crippen molar-refractivity contribution in [3.8, 4) is 17.2 Å². The number of amides is 2. The number of benzene rings is 2. The average molecular weight is 461 g/mol. The first-order valence-electron chi connectivity index (χ1n) is 10.3. The van der Waals surface area contributed by atoms with E-state index in [1.54, 1.807) is 17.0 Å². The Hall–Kier alpha value is -2.93. The molecule has 1 fully saturated rings. The van der Waals surface area contributed by atoms with Gasteiger partial charge in [0.15, 0.2) is 11.5 Å². The first kappa shape index (κ1) is 23.7. The average Bonchev–Trinajstić information content (AvgIpc) is 3.18. The van der Waals surface area contributed by atoms with Crippen molar-refractivity contribution in [1.29, 1.82) is 0 Å². The fourth-order valence-electron chi connectivity index (χ4n) is 3.82. The maximum atomic E-state index is 12.9. The molecule has 0 radical (unpaired) electrons. The molecular weight excluding hydrogens is 432 g/mol. The SMILES string of the molecule is COc1cc(N2CC(C(=O)NCC(C)(C)c3cccc(Cl)c3)CC2=O)cc(OC)c1OC. The van der Waals surface area contributed by atoms with Crippen LogP contribution in [0.25, 0.3) is 0 Å². The predicted octanol–water partition coefficient (Wildman–Crippen LogP) is 3.81. The minimum atomic E-state index is -0.447. The van der Waals surface area contributed by atoms with Crippen LogP contribution in [-0.2, 0) is 15.0 Å². The molecule has 32 heavy (non-hydrogen) atoms. The van der Waals surface area contributed by atoms with Crippen molar-refractivity contribution in [1.82, 2.24) is 5.32 Å². The van der Waals surface area contributed by atoms with Gasteiger partial charge in [0.25, 0.3) is 0 Å². The Morgan fingerprint density at radius 2 is 1.78 bits per heavy atom. The van der Waals surface area contributed by atoms with E-state index in [-0.39, 0.29) is 30.2 Å². The second kappa shape index (κ2) is 9.69. The van der Waals surface area contributed by atoms with Crippen LogP contribution >= 0.6 is 11.6 Å². The van der Waals surface area contributed by atoms with E-state index in [1.165, 1.54) is 21.3 Å². The van der Waals surface area contributed by atoms with Crippen LogP contribution in [0.4, 0.5) is 5.69 Å². The largest absolute Gasteiger partial charge is 0.493 e. The van der Waals surface area contributed by atoms with Crippen molar-refractivity contribution < 1.29 is 23.8 Å². The molecule has 0 aromatic heterocycles. The summed E-state index contributed by atoms with van der Waals surface area (Å²) in [5, 5.41) is 3.67. The number of halogens is 1. The van der Waals surface area contributed by atoms with Gasteiger partial charge < -0.3 is 24.4 Å². The number of anilines is 1. The molecule has 0 bridgehead atoms. The Balaban J connectivity index is 1.71. The van der Waals surface area contributed by atoms with Gasteiger partial charge in [0.1, 0.15) is 0 Å². The molecule has 8 heteroatoms. The second-order valence-electron chi connectivity index (χ2n) is 8.40. The summed E-state index contributed by atoms with van der Waals surface area (Å²) in [7, 11) is 4.56. The highest BCUT2D eigenvalue weighted by Crippen LogP contribution is 2.42. The van der Waals surface area contributed by atoms with E-state index in [0.29, 0.717) is 34.5 Å². The first-order chi connectivity index (χ1) is 15.2. The molecule has 1 aliphatic rings. The van der Waals surface area contributed by atoms with Crippen molar-refractivity contribution >= 4 is 29.1 Å². The number of hydrogen-bond donors (Lipinski definition) is 1. The molecule has 3 rings (SSSR count). The minimum absolute atomic E-state index is 0.131. The Morgan fingerprint density at radius 1 is 1.12 bits per heavy atom. The van der Waals surface area contributed by atoms with Crippen LogP contribution in [0.5, 0.6) is 17.2 Å². The Bertz CT molecular complexity index is 983. The monoisotopic (exact) mass is 460 g/mol. The molecule has 1 saturated heterocycles. The highest BCUT2D eigenvalue weighted by atomic mass is 35.5. The number of hydrogen-bond acceptors (Lipinski definition) is 5. The quantitative estimate of drug-likeness (QED) is 0.648. The predicted molar refractivity (Wildman–Crippen MR) is 124 cm³/mol. The number of carbonyl (C=O) groups is 2. The van der Waals surface area contributed by atoms with Gasteiger partial charge in [0, 0.05) is 42.1 Å². The van der Waals surface area contributed by atoms with E-state index < -0.39 is 5.92 Å². The van der Waals surface area contributed by atoms with Crippen LogP contribution < -0.4 is 24.4 Å². The molecule has 1 N–H and O–H groups in total. The molecule has 1 unspecified atom stereocenters. The lowest BCUT2D eigenvalue weighted by Crippen LogP contribution is -2.40. The van der Waals surface area contributed by atoms with E-state index >= 15 is 0 Å². The van der Waals surface area contributed by atoms with Crippen LogP contribution in [0, 0.1) is 5.92 Å². The fraction of sp³-hybridized carbons (Fsp3) is 0.417. The lowest BCUT2D eigenvalue weighted by molar-refractivity contribution is -0.126. The molecule has 0 aliphatic carbocycles. The molecule has 1 heterocycles. The molecule has 1 atom stereocenters. The topological polar surface area (TPSA) is 77.1 Å². The molecule has 0 spiro atoms. The zero-order chi connectivity index (χ0) is 23.5. The summed E-state index contributed by atoms with van der Waals surface area (Å²) in [6, 6.07) is 11.0. The molecule has 2 aromatic carbocycles. The van der Waals surface area contributed by atoms with Crippen molar-refractivity contribution in [2.24, 2.45) is 5.92 Å². The molecular formula is C24H29ClN2O5. The number of rotatable bonds is 8. The summed E-state index contributed by atoms with van der Waals surface area (Å²) >= 11 is 6.11. The Morgan fingerprint density at radius 3 is 2.34 bits per heavy atom. The van der Waals surface area contributed by atoms with E-state index in [9.17, 15) is 9.59 Å². The van der Waals surface area contributed by atoms with E-state index in [0.717, 1.165) is 5.56 Å². The molecule has 7 nitrogen and oxygen atoms in total. The van der Waals surface area contributed by atoms with Gasteiger partial charge in [0.2, 0.25) is 17.6 Å². The first-order valence-corrected chi connectivity index (χ1v) is 10.7. The fourth-order valence-corrected chi connectivity index (χ4v) is 4.01. The number of methoxy groups -OCH3 is 3. The third-order valence-electron chi connectivity index (χ3n) is 5.77. The smallest absolute Gasteiger partial charge is 0.227 e. The molecule has 172 valence electrons. The standard InChI is InChI=1S/C24H29ClN2O5/c1-24(2,16-7-6-8-17(25)10-16)14-26-23(29)15-9-21(28)27(13-15)18-11-19(30-3)22(32-5)20(12-18)31-4/h6-8,10-12,15H,9,13-14H2,1-5H3,(H,26,29). The van der Waals surface area contributed by atoms with Gasteiger partial charge in [-0.1, -0.05) is 37.6 Å². The summed E-state index contributed by atoms with van der Waals surface area (Å²) in [6.07, 6.45) is 0.139. The lowest BCUT2D eigenvalue weighted by Gasteiger charge is -2.26. The molecule has 1 aliphatic heterocycles. The maximum Gasteiger partial charge on any atom is 0.227 e. The zero-order valence-electron chi connectivity index (χ0n) is 19.0. The van der Waals surface area contributed by atoms with Gasteiger partial charge in [-0.15, -0.1) is 0 Å². The maximum absolute atomic E-state index is 12.9.